The first kappa shape index (κ1) is 20.0. The maximum absolute atomic E-state index is 13.0. The van der Waals surface area contributed by atoms with Crippen LogP contribution in [-0.2, 0) is 19.2 Å². The molecule has 1 unspecified atom stereocenters. The van der Waals surface area contributed by atoms with Gasteiger partial charge in [-0.25, -0.2) is 4.79 Å². The number of morpholine rings is 1. The van der Waals surface area contributed by atoms with E-state index in [4.69, 9.17) is 9.57 Å². The van der Waals surface area contributed by atoms with Crippen LogP contribution in [0.3, 0.4) is 0 Å². The fourth-order valence-corrected chi connectivity index (χ4v) is 3.19. The first-order valence-corrected chi connectivity index (χ1v) is 9.31. The molecule has 2 heterocycles. The van der Waals surface area contributed by atoms with Crippen LogP contribution in [0.15, 0.2) is 24.3 Å². The molecule has 0 saturated carbocycles. The third-order valence-electron chi connectivity index (χ3n) is 5.55. The lowest BCUT2D eigenvalue weighted by Crippen LogP contribution is -2.47. The van der Waals surface area contributed by atoms with E-state index in [1.54, 1.807) is 37.8 Å². The lowest BCUT2D eigenvalue weighted by molar-refractivity contribution is -0.185. The van der Waals surface area contributed by atoms with Gasteiger partial charge in [-0.1, -0.05) is 31.0 Å². The van der Waals surface area contributed by atoms with Crippen molar-refractivity contribution in [2.75, 3.05) is 26.3 Å². The summed E-state index contributed by atoms with van der Waals surface area (Å²) in [5, 5.41) is 0.493. The van der Waals surface area contributed by atoms with Gasteiger partial charge >= 0.3 is 5.97 Å². The van der Waals surface area contributed by atoms with Crippen LogP contribution < -0.4 is 0 Å². The lowest BCUT2D eigenvalue weighted by Gasteiger charge is -2.34. The minimum atomic E-state index is -1.19. The smallest absolute Gasteiger partial charge is 0.339 e. The second-order valence-electron chi connectivity index (χ2n) is 7.57. The van der Waals surface area contributed by atoms with Crippen molar-refractivity contribution in [3.63, 3.8) is 0 Å². The highest BCUT2D eigenvalue weighted by Gasteiger charge is 2.46. The molecule has 1 saturated heterocycles. The Labute approximate surface area is 163 Å². The molecule has 1 aromatic rings. The van der Waals surface area contributed by atoms with Crippen LogP contribution in [0.25, 0.3) is 0 Å². The molecule has 0 bridgehead atoms. The molecular weight excluding hydrogens is 364 g/mol. The van der Waals surface area contributed by atoms with E-state index in [0.29, 0.717) is 31.4 Å². The third kappa shape index (κ3) is 3.52. The van der Waals surface area contributed by atoms with E-state index in [9.17, 15) is 19.2 Å². The van der Waals surface area contributed by atoms with Gasteiger partial charge in [0, 0.05) is 19.5 Å². The van der Waals surface area contributed by atoms with Gasteiger partial charge in [0.1, 0.15) is 0 Å². The van der Waals surface area contributed by atoms with Gasteiger partial charge in [-0.05, 0) is 25.0 Å². The van der Waals surface area contributed by atoms with E-state index in [1.807, 2.05) is 0 Å². The summed E-state index contributed by atoms with van der Waals surface area (Å²) < 4.78 is 5.25. The van der Waals surface area contributed by atoms with E-state index >= 15 is 0 Å². The summed E-state index contributed by atoms with van der Waals surface area (Å²) in [6.45, 7) is 7.09. The first-order valence-electron chi connectivity index (χ1n) is 9.31. The average Bonchev–Trinajstić information content (AvgIpc) is 2.93. The minimum absolute atomic E-state index is 0.0767. The van der Waals surface area contributed by atoms with Crippen LogP contribution in [0, 0.1) is 11.3 Å². The fraction of sp³-hybridized carbons (Fsp3) is 0.500. The number of carbonyl (C=O) groups is 4. The van der Waals surface area contributed by atoms with Gasteiger partial charge < -0.3 is 14.5 Å². The number of hydroxylamine groups is 2. The van der Waals surface area contributed by atoms with Crippen LogP contribution in [0.5, 0.6) is 0 Å². The summed E-state index contributed by atoms with van der Waals surface area (Å²) in [5.74, 6) is -2.57. The fourth-order valence-electron chi connectivity index (χ4n) is 3.19. The topological polar surface area (TPSA) is 93.2 Å². The second kappa shape index (κ2) is 7.71. The lowest BCUT2D eigenvalue weighted by atomic mass is 9.76. The second-order valence-corrected chi connectivity index (χ2v) is 7.57. The highest BCUT2D eigenvalue weighted by molar-refractivity contribution is 6.20. The zero-order valence-electron chi connectivity index (χ0n) is 16.3. The van der Waals surface area contributed by atoms with Gasteiger partial charge in [-0.15, -0.1) is 0 Å². The predicted molar refractivity (Wildman–Crippen MR) is 98.0 cm³/mol. The number of ether oxygens (including phenoxy) is 1. The molecule has 0 radical (unpaired) electrons. The van der Waals surface area contributed by atoms with Crippen LogP contribution in [-0.4, -0.2) is 60.0 Å². The highest BCUT2D eigenvalue weighted by Crippen LogP contribution is 2.35. The van der Waals surface area contributed by atoms with E-state index in [-0.39, 0.29) is 29.4 Å². The number of carbonyl (C=O) groups excluding carboxylic acids is 4. The maximum atomic E-state index is 13.0. The van der Waals surface area contributed by atoms with E-state index in [2.05, 4.69) is 0 Å². The summed E-state index contributed by atoms with van der Waals surface area (Å²) in [5.41, 5.74) is -0.808. The number of hydrogen-bond acceptors (Lipinski definition) is 6. The van der Waals surface area contributed by atoms with Gasteiger partial charge in [0.05, 0.1) is 29.8 Å². The van der Waals surface area contributed by atoms with Crippen molar-refractivity contribution in [2.24, 2.45) is 11.3 Å². The van der Waals surface area contributed by atoms with Gasteiger partial charge in [0.2, 0.25) is 5.91 Å². The Morgan fingerprint density at radius 2 is 1.64 bits per heavy atom. The molecule has 2 aliphatic rings. The zero-order chi connectivity index (χ0) is 20.5. The van der Waals surface area contributed by atoms with E-state index < -0.39 is 23.2 Å². The molecule has 0 N–H and O–H groups in total. The normalized spacial score (nSPS) is 18.9. The molecule has 3 amide bonds. The molecule has 0 aromatic heterocycles. The maximum Gasteiger partial charge on any atom is 0.339 e. The molecule has 1 fully saturated rings. The average molecular weight is 388 g/mol. The van der Waals surface area contributed by atoms with Gasteiger partial charge in [-0.3, -0.25) is 14.4 Å². The Kier molecular flexibility index (Phi) is 5.51. The largest absolute Gasteiger partial charge is 0.378 e. The van der Waals surface area contributed by atoms with Crippen LogP contribution in [0.4, 0.5) is 0 Å². The summed E-state index contributed by atoms with van der Waals surface area (Å²) in [6, 6.07) is 6.28. The van der Waals surface area contributed by atoms with Crippen LogP contribution in [0.1, 0.15) is 47.9 Å². The molecule has 8 heteroatoms. The van der Waals surface area contributed by atoms with Crippen molar-refractivity contribution in [1.82, 2.24) is 9.96 Å². The number of fused-ring (bicyclic) bond motifs is 1. The summed E-state index contributed by atoms with van der Waals surface area (Å²) >= 11 is 0. The van der Waals surface area contributed by atoms with Crippen molar-refractivity contribution in [3.05, 3.63) is 35.4 Å². The number of imide groups is 1. The van der Waals surface area contributed by atoms with Crippen molar-refractivity contribution in [2.45, 2.75) is 27.2 Å². The number of amides is 3. The molecule has 0 spiro atoms. The number of nitrogens with zero attached hydrogens (tertiary/aromatic N) is 2. The molecule has 150 valence electrons. The van der Waals surface area contributed by atoms with Crippen molar-refractivity contribution in [1.29, 1.82) is 0 Å². The van der Waals surface area contributed by atoms with Gasteiger partial charge in [-0.2, -0.15) is 0 Å². The Bertz CT molecular complexity index is 780. The molecule has 28 heavy (non-hydrogen) atoms. The molecule has 0 aliphatic carbocycles. The summed E-state index contributed by atoms with van der Waals surface area (Å²) in [4.78, 5) is 57.4. The first-order chi connectivity index (χ1) is 13.3. The SMILES string of the molecule is CC(C)C(C)(CC(=O)N1CCOCC1)C(=O)ON1C(=O)c2ccccc2C1=O. The molecule has 1 aromatic carbocycles. The summed E-state index contributed by atoms with van der Waals surface area (Å²) in [7, 11) is 0. The van der Waals surface area contributed by atoms with Crippen molar-refractivity contribution >= 4 is 23.7 Å². The third-order valence-corrected chi connectivity index (χ3v) is 5.55. The number of rotatable bonds is 5. The van der Waals surface area contributed by atoms with E-state index in [0.717, 1.165) is 0 Å². The molecule has 3 rings (SSSR count). The number of benzene rings is 1. The minimum Gasteiger partial charge on any atom is -0.378 e. The van der Waals surface area contributed by atoms with Gasteiger partial charge in [0.25, 0.3) is 11.8 Å². The molecular formula is C20H24N2O6. The molecule has 2 aliphatic heterocycles. The standard InChI is InChI=1S/C20H24N2O6/c1-13(2)20(3,12-16(23)21-8-10-27-11-9-21)19(26)28-22-17(24)14-6-4-5-7-15(14)18(22)25/h4-7,13H,8-12H2,1-3H3. The number of hydrogen-bond donors (Lipinski definition) is 0. The predicted octanol–water partition coefficient (Wildman–Crippen LogP) is 1.65. The zero-order valence-corrected chi connectivity index (χ0v) is 16.3. The van der Waals surface area contributed by atoms with Crippen molar-refractivity contribution in [3.8, 4) is 0 Å². The van der Waals surface area contributed by atoms with Crippen LogP contribution >= 0.6 is 0 Å². The Hall–Kier alpha value is -2.74. The molecule has 1 atom stereocenters. The van der Waals surface area contributed by atoms with Crippen LogP contribution in [0.2, 0.25) is 0 Å². The quantitative estimate of drug-likeness (QED) is 0.712. The highest BCUT2D eigenvalue weighted by atomic mass is 16.7. The Balaban J connectivity index is 1.75. The van der Waals surface area contributed by atoms with E-state index in [1.165, 1.54) is 12.1 Å². The Morgan fingerprint density at radius 1 is 1.11 bits per heavy atom. The van der Waals surface area contributed by atoms with Gasteiger partial charge in [0.15, 0.2) is 0 Å². The van der Waals surface area contributed by atoms with Crippen molar-refractivity contribution < 1.29 is 28.8 Å². The monoisotopic (exact) mass is 388 g/mol. The summed E-state index contributed by atoms with van der Waals surface area (Å²) in [6.07, 6.45) is -0.0767. The Morgan fingerprint density at radius 3 is 2.14 bits per heavy atom. The molecule has 8 nitrogen and oxygen atoms in total.